The average molecular weight is 487 g/mol. The Balaban J connectivity index is 1.72. The summed E-state index contributed by atoms with van der Waals surface area (Å²) in [6, 6.07) is 11.2. The van der Waals surface area contributed by atoms with Crippen molar-refractivity contribution in [1.82, 2.24) is 9.97 Å². The molecule has 0 aliphatic heterocycles. The quantitative estimate of drug-likeness (QED) is 0.276. The summed E-state index contributed by atoms with van der Waals surface area (Å²) in [5, 5.41) is 13.6. The molecule has 0 saturated heterocycles. The number of thioether (sulfide) groups is 1. The number of ether oxygens (including phenoxy) is 1. The predicted molar refractivity (Wildman–Crippen MR) is 126 cm³/mol. The second-order valence-electron chi connectivity index (χ2n) is 6.61. The monoisotopic (exact) mass is 486 g/mol. The average Bonchev–Trinajstić information content (AvgIpc) is 3.07. The molecule has 0 fully saturated rings. The van der Waals surface area contributed by atoms with Gasteiger partial charge in [-0.2, -0.15) is 5.26 Å². The van der Waals surface area contributed by atoms with Crippen molar-refractivity contribution in [3.05, 3.63) is 57.1 Å². The van der Waals surface area contributed by atoms with Gasteiger partial charge in [-0.25, -0.2) is 14.8 Å². The van der Waals surface area contributed by atoms with Crippen LogP contribution in [0.1, 0.15) is 33.4 Å². The molecule has 1 N–H and O–H groups in total. The number of aromatic nitrogens is 2. The number of anilines is 1. The Morgan fingerprint density at radius 2 is 1.97 bits per heavy atom. The van der Waals surface area contributed by atoms with Crippen LogP contribution >= 0.6 is 34.7 Å². The molecule has 10 heteroatoms. The smallest absolute Gasteiger partial charge is 0.348 e. The molecule has 0 atom stereocenters. The van der Waals surface area contributed by atoms with Crippen molar-refractivity contribution in [2.45, 2.75) is 25.9 Å². The van der Waals surface area contributed by atoms with Gasteiger partial charge in [0.2, 0.25) is 5.91 Å². The van der Waals surface area contributed by atoms with Crippen LogP contribution in [0.15, 0.2) is 35.5 Å². The van der Waals surface area contributed by atoms with Crippen LogP contribution in [-0.4, -0.2) is 34.2 Å². The standard InChI is InChI=1S/C22H19ClN4O3S2/c1-4-30-21(29)19-13(3)16(10-24)20(32-19)27-18(28)11-31-22-25-12(2)9-17(26-22)14-5-7-15(23)8-6-14/h5-9H,4,11H2,1-3H3,(H,27,28). The van der Waals surface area contributed by atoms with Crippen LogP contribution in [0.25, 0.3) is 11.3 Å². The number of thiophene rings is 1. The lowest BCUT2D eigenvalue weighted by Gasteiger charge is -2.07. The number of amides is 1. The van der Waals surface area contributed by atoms with E-state index in [2.05, 4.69) is 15.3 Å². The molecule has 0 saturated carbocycles. The van der Waals surface area contributed by atoms with Crippen LogP contribution in [0.4, 0.5) is 5.00 Å². The molecule has 2 heterocycles. The Morgan fingerprint density at radius 3 is 2.62 bits per heavy atom. The van der Waals surface area contributed by atoms with E-state index in [0.717, 1.165) is 28.3 Å². The zero-order valence-electron chi connectivity index (χ0n) is 17.6. The first-order chi connectivity index (χ1) is 15.3. The number of halogens is 1. The van der Waals surface area contributed by atoms with Crippen LogP contribution in [0.5, 0.6) is 0 Å². The molecule has 164 valence electrons. The molecule has 0 aliphatic rings. The molecule has 32 heavy (non-hydrogen) atoms. The molecule has 3 rings (SSSR count). The summed E-state index contributed by atoms with van der Waals surface area (Å²) in [5.41, 5.74) is 3.15. The summed E-state index contributed by atoms with van der Waals surface area (Å²) in [5.74, 6) is -0.800. The third kappa shape index (κ3) is 5.65. The Morgan fingerprint density at radius 1 is 1.25 bits per heavy atom. The maximum absolute atomic E-state index is 12.5. The zero-order valence-corrected chi connectivity index (χ0v) is 20.0. The van der Waals surface area contributed by atoms with Gasteiger partial charge in [0.05, 0.1) is 23.6 Å². The minimum atomic E-state index is -0.510. The molecule has 0 radical (unpaired) electrons. The van der Waals surface area contributed by atoms with Crippen molar-refractivity contribution in [3.63, 3.8) is 0 Å². The molecule has 3 aromatic rings. The summed E-state index contributed by atoms with van der Waals surface area (Å²) < 4.78 is 5.02. The van der Waals surface area contributed by atoms with Crippen LogP contribution in [0, 0.1) is 25.2 Å². The van der Waals surface area contributed by atoms with Crippen LogP contribution in [0.3, 0.4) is 0 Å². The maximum Gasteiger partial charge on any atom is 0.348 e. The van der Waals surface area contributed by atoms with Gasteiger partial charge in [-0.05, 0) is 44.5 Å². The number of nitrogens with one attached hydrogen (secondary N) is 1. The van der Waals surface area contributed by atoms with E-state index in [1.165, 1.54) is 11.8 Å². The van der Waals surface area contributed by atoms with Gasteiger partial charge in [0.1, 0.15) is 15.9 Å². The van der Waals surface area contributed by atoms with Gasteiger partial charge in [0.25, 0.3) is 0 Å². The fraction of sp³-hybridized carbons (Fsp3) is 0.227. The highest BCUT2D eigenvalue weighted by molar-refractivity contribution is 7.99. The van der Waals surface area contributed by atoms with Crippen molar-refractivity contribution >= 4 is 51.6 Å². The Kier molecular flexibility index (Phi) is 7.85. The van der Waals surface area contributed by atoms with Crippen molar-refractivity contribution in [2.75, 3.05) is 17.7 Å². The van der Waals surface area contributed by atoms with E-state index < -0.39 is 5.97 Å². The van der Waals surface area contributed by atoms with Gasteiger partial charge < -0.3 is 10.1 Å². The van der Waals surface area contributed by atoms with Gasteiger partial charge in [0, 0.05) is 16.3 Å². The summed E-state index contributed by atoms with van der Waals surface area (Å²) in [6.45, 7) is 5.45. The minimum Gasteiger partial charge on any atom is -0.462 e. The molecule has 0 spiro atoms. The van der Waals surface area contributed by atoms with E-state index in [-0.39, 0.29) is 23.8 Å². The van der Waals surface area contributed by atoms with Crippen molar-refractivity contribution in [2.24, 2.45) is 0 Å². The van der Waals surface area contributed by atoms with E-state index in [9.17, 15) is 14.9 Å². The number of benzene rings is 1. The van der Waals surface area contributed by atoms with Crippen LogP contribution in [0.2, 0.25) is 5.02 Å². The third-order valence-corrected chi connectivity index (χ3v) is 6.56. The highest BCUT2D eigenvalue weighted by Crippen LogP contribution is 2.33. The zero-order chi connectivity index (χ0) is 23.3. The van der Waals surface area contributed by atoms with Gasteiger partial charge >= 0.3 is 5.97 Å². The Labute approximate surface area is 198 Å². The Hall–Kier alpha value is -2.93. The molecular formula is C22H19ClN4O3S2. The fourth-order valence-electron chi connectivity index (χ4n) is 2.79. The summed E-state index contributed by atoms with van der Waals surface area (Å²) in [4.78, 5) is 33.8. The minimum absolute atomic E-state index is 0.0417. The lowest BCUT2D eigenvalue weighted by Crippen LogP contribution is -2.14. The van der Waals surface area contributed by atoms with Crippen LogP contribution < -0.4 is 5.32 Å². The molecule has 0 bridgehead atoms. The lowest BCUT2D eigenvalue weighted by atomic mass is 10.1. The molecule has 1 amide bonds. The second kappa shape index (κ2) is 10.6. The highest BCUT2D eigenvalue weighted by Gasteiger charge is 2.22. The Bertz CT molecular complexity index is 1200. The fourth-order valence-corrected chi connectivity index (χ4v) is 4.69. The van der Waals surface area contributed by atoms with Gasteiger partial charge in [-0.1, -0.05) is 35.5 Å². The van der Waals surface area contributed by atoms with Crippen molar-refractivity contribution in [3.8, 4) is 17.3 Å². The molecule has 0 aliphatic carbocycles. The first kappa shape index (κ1) is 23.7. The molecular weight excluding hydrogens is 468 g/mol. The van der Waals surface area contributed by atoms with Gasteiger partial charge in [-0.3, -0.25) is 4.79 Å². The summed E-state index contributed by atoms with van der Waals surface area (Å²) >= 11 is 8.17. The largest absolute Gasteiger partial charge is 0.462 e. The number of hydrogen-bond donors (Lipinski definition) is 1. The lowest BCUT2D eigenvalue weighted by molar-refractivity contribution is -0.113. The van der Waals surface area contributed by atoms with Gasteiger partial charge in [0.15, 0.2) is 5.16 Å². The SMILES string of the molecule is CCOC(=O)c1sc(NC(=O)CSc2nc(C)cc(-c3ccc(Cl)cc3)n2)c(C#N)c1C. The molecule has 2 aromatic heterocycles. The number of carbonyl (C=O) groups excluding carboxylic acids is 2. The highest BCUT2D eigenvalue weighted by atomic mass is 35.5. The molecule has 0 unspecified atom stereocenters. The number of nitrogens with zero attached hydrogens (tertiary/aromatic N) is 3. The van der Waals surface area contributed by atoms with E-state index in [1.807, 2.05) is 31.2 Å². The number of nitriles is 1. The topological polar surface area (TPSA) is 105 Å². The van der Waals surface area contributed by atoms with E-state index in [0.29, 0.717) is 25.6 Å². The molecule has 7 nitrogen and oxygen atoms in total. The third-order valence-electron chi connectivity index (χ3n) is 4.28. The van der Waals surface area contributed by atoms with E-state index in [1.54, 1.807) is 26.0 Å². The van der Waals surface area contributed by atoms with Crippen molar-refractivity contribution < 1.29 is 14.3 Å². The number of hydrogen-bond acceptors (Lipinski definition) is 8. The van der Waals surface area contributed by atoms with E-state index >= 15 is 0 Å². The second-order valence-corrected chi connectivity index (χ2v) is 9.01. The van der Waals surface area contributed by atoms with E-state index in [4.69, 9.17) is 16.3 Å². The molecule has 1 aromatic carbocycles. The number of esters is 1. The summed E-state index contributed by atoms with van der Waals surface area (Å²) in [7, 11) is 0. The number of aryl methyl sites for hydroxylation is 1. The predicted octanol–water partition coefficient (Wildman–Crippen LogP) is 5.25. The normalized spacial score (nSPS) is 10.5. The maximum atomic E-state index is 12.5. The number of carbonyl (C=O) groups is 2. The van der Waals surface area contributed by atoms with Crippen molar-refractivity contribution in [1.29, 1.82) is 5.26 Å². The number of rotatable bonds is 7. The summed E-state index contributed by atoms with van der Waals surface area (Å²) in [6.07, 6.45) is 0. The first-order valence-corrected chi connectivity index (χ1v) is 11.7. The first-order valence-electron chi connectivity index (χ1n) is 9.57. The van der Waals surface area contributed by atoms with Gasteiger partial charge in [-0.15, -0.1) is 11.3 Å². The van der Waals surface area contributed by atoms with Crippen LogP contribution in [-0.2, 0) is 9.53 Å².